The monoisotopic (exact) mass is 534 g/mol. The minimum Gasteiger partial charge on any atom is -0.258 e. The Morgan fingerprint density at radius 3 is 2.05 bits per heavy atom. The van der Waals surface area contributed by atoms with Gasteiger partial charge in [0.15, 0.2) is 6.04 Å². The standard InChI is InChI=1S/C35H27N5O/c41-35-31(22-28-23-40(29-19-11-4-12-20-29)38-33(28)27-17-9-3-10-18-27)37-34-30(21-25-13-5-1-6-14-25)36-32(24-39(34)35)26-15-7-2-8-16-26/h1-20,23-24,31H,21-22H2/p+1. The van der Waals surface area contributed by atoms with Gasteiger partial charge < -0.3 is 0 Å². The molecule has 6 heteroatoms. The molecule has 0 spiro atoms. The third-order valence-electron chi connectivity index (χ3n) is 7.43. The zero-order chi connectivity index (χ0) is 27.6. The summed E-state index contributed by atoms with van der Waals surface area (Å²) in [7, 11) is 0. The Balaban J connectivity index is 1.27. The van der Waals surface area contributed by atoms with E-state index in [9.17, 15) is 4.79 Å². The van der Waals surface area contributed by atoms with Crippen LogP contribution in [0.5, 0.6) is 0 Å². The van der Waals surface area contributed by atoms with Crippen LogP contribution in [-0.4, -0.2) is 26.7 Å². The number of benzene rings is 4. The molecule has 0 amide bonds. The molecule has 1 N–H and O–H groups in total. The van der Waals surface area contributed by atoms with Crippen molar-refractivity contribution in [3.63, 3.8) is 0 Å². The Kier molecular flexibility index (Phi) is 6.41. The number of rotatable bonds is 7. The molecular formula is C35H28N5O+. The molecule has 7 rings (SSSR count). The first-order valence-electron chi connectivity index (χ1n) is 13.8. The number of para-hydroxylation sites is 1. The van der Waals surface area contributed by atoms with Crippen molar-refractivity contribution in [2.45, 2.75) is 18.9 Å². The highest BCUT2D eigenvalue weighted by Gasteiger charge is 2.41. The molecule has 6 nitrogen and oxygen atoms in total. The van der Waals surface area contributed by atoms with E-state index in [0.717, 1.165) is 50.8 Å². The molecule has 0 fully saturated rings. The van der Waals surface area contributed by atoms with E-state index in [-0.39, 0.29) is 5.91 Å². The predicted molar refractivity (Wildman–Crippen MR) is 160 cm³/mol. The van der Waals surface area contributed by atoms with E-state index in [1.54, 1.807) is 4.57 Å². The number of fused-ring (bicyclic) bond motifs is 1. The van der Waals surface area contributed by atoms with Gasteiger partial charge >= 0.3 is 11.7 Å². The summed E-state index contributed by atoms with van der Waals surface area (Å²) in [5.41, 5.74) is 7.60. The van der Waals surface area contributed by atoms with Gasteiger partial charge in [-0.1, -0.05) is 109 Å². The van der Waals surface area contributed by atoms with Gasteiger partial charge in [-0.05, 0) is 17.7 Å². The lowest BCUT2D eigenvalue weighted by molar-refractivity contribution is -0.552. The van der Waals surface area contributed by atoms with Crippen molar-refractivity contribution >= 4 is 11.7 Å². The number of carbonyl (C=O) groups is 1. The number of nitrogens with one attached hydrogen (secondary N) is 1. The van der Waals surface area contributed by atoms with Crippen LogP contribution in [0.1, 0.15) is 21.6 Å². The number of hydrogen-bond donors (Lipinski definition) is 1. The zero-order valence-corrected chi connectivity index (χ0v) is 22.4. The summed E-state index contributed by atoms with van der Waals surface area (Å²) >= 11 is 0. The second kappa shape index (κ2) is 10.7. The van der Waals surface area contributed by atoms with E-state index in [2.05, 4.69) is 29.6 Å². The smallest absolute Gasteiger partial charge is 0.258 e. The second-order valence-electron chi connectivity index (χ2n) is 10.2. The van der Waals surface area contributed by atoms with Gasteiger partial charge in [0, 0.05) is 35.7 Å². The first kappa shape index (κ1) is 24.7. The van der Waals surface area contributed by atoms with E-state index in [1.807, 2.05) is 114 Å². The van der Waals surface area contributed by atoms with Crippen molar-refractivity contribution < 1.29 is 9.36 Å². The highest BCUT2D eigenvalue weighted by Crippen LogP contribution is 2.28. The van der Waals surface area contributed by atoms with E-state index in [1.165, 1.54) is 0 Å². The maximum absolute atomic E-state index is 14.0. The van der Waals surface area contributed by atoms with Crippen LogP contribution in [0.3, 0.4) is 0 Å². The molecule has 198 valence electrons. The van der Waals surface area contributed by atoms with E-state index >= 15 is 0 Å². The first-order valence-corrected chi connectivity index (χ1v) is 13.8. The molecule has 1 atom stereocenters. The van der Waals surface area contributed by atoms with Gasteiger partial charge in [0.05, 0.1) is 11.4 Å². The van der Waals surface area contributed by atoms with Gasteiger partial charge in [-0.15, -0.1) is 0 Å². The molecule has 41 heavy (non-hydrogen) atoms. The molecule has 1 unspecified atom stereocenters. The summed E-state index contributed by atoms with van der Waals surface area (Å²) in [5, 5.41) is 8.49. The number of anilines is 1. The summed E-state index contributed by atoms with van der Waals surface area (Å²) < 4.78 is 3.65. The van der Waals surface area contributed by atoms with Crippen molar-refractivity contribution in [3.8, 4) is 28.2 Å². The number of hydrogen-bond acceptors (Lipinski definition) is 4. The predicted octanol–water partition coefficient (Wildman–Crippen LogP) is 6.16. The van der Waals surface area contributed by atoms with E-state index in [4.69, 9.17) is 10.1 Å². The molecule has 1 aliphatic heterocycles. The SMILES string of the molecule is O=C1C(Cc2cn(-c3ccccc3)nc2-c2ccccc2)Nc2c(Cc3ccccc3)nc(-c3ccccc3)c[n+]21. The van der Waals surface area contributed by atoms with Gasteiger partial charge in [-0.2, -0.15) is 9.67 Å². The molecule has 1 aliphatic rings. The van der Waals surface area contributed by atoms with Gasteiger partial charge in [0.2, 0.25) is 0 Å². The fourth-order valence-corrected chi connectivity index (χ4v) is 5.40. The average molecular weight is 535 g/mol. The van der Waals surface area contributed by atoms with Gasteiger partial charge in [-0.3, -0.25) is 5.32 Å². The zero-order valence-electron chi connectivity index (χ0n) is 22.4. The van der Waals surface area contributed by atoms with Gasteiger partial charge in [-0.25, -0.2) is 14.5 Å². The lowest BCUT2D eigenvalue weighted by Crippen LogP contribution is -2.44. The Morgan fingerprint density at radius 2 is 1.37 bits per heavy atom. The van der Waals surface area contributed by atoms with Crippen LogP contribution in [0, 0.1) is 0 Å². The lowest BCUT2D eigenvalue weighted by Gasteiger charge is -2.07. The first-order chi connectivity index (χ1) is 20.2. The molecule has 3 heterocycles. The molecule has 0 aliphatic carbocycles. The molecule has 0 bridgehead atoms. The Bertz CT molecular complexity index is 1820. The normalized spacial score (nSPS) is 14.0. The fourth-order valence-electron chi connectivity index (χ4n) is 5.40. The summed E-state index contributed by atoms with van der Waals surface area (Å²) in [5.74, 6) is 0.751. The topological polar surface area (TPSA) is 63.7 Å². The van der Waals surface area contributed by atoms with Crippen molar-refractivity contribution in [1.82, 2.24) is 14.8 Å². The Morgan fingerprint density at radius 1 is 0.756 bits per heavy atom. The number of nitrogens with zero attached hydrogens (tertiary/aromatic N) is 4. The largest absolute Gasteiger partial charge is 0.359 e. The summed E-state index contributed by atoms with van der Waals surface area (Å²) in [6.07, 6.45) is 5.01. The van der Waals surface area contributed by atoms with Gasteiger partial charge in [0.25, 0.3) is 0 Å². The van der Waals surface area contributed by atoms with Crippen LogP contribution in [-0.2, 0) is 12.8 Å². The Hall–Kier alpha value is -5.36. The molecule has 0 saturated heterocycles. The lowest BCUT2D eigenvalue weighted by atomic mass is 10.0. The molecule has 4 aromatic carbocycles. The maximum atomic E-state index is 14.0. The molecular weight excluding hydrogens is 506 g/mol. The highest BCUT2D eigenvalue weighted by atomic mass is 16.2. The van der Waals surface area contributed by atoms with Crippen molar-refractivity contribution in [3.05, 3.63) is 151 Å². The molecule has 0 radical (unpaired) electrons. The minimum atomic E-state index is -0.451. The van der Waals surface area contributed by atoms with Crippen LogP contribution in [0.4, 0.5) is 5.82 Å². The third kappa shape index (κ3) is 4.92. The molecule has 2 aromatic heterocycles. The average Bonchev–Trinajstić information content (AvgIpc) is 3.60. The van der Waals surface area contributed by atoms with Crippen LogP contribution < -0.4 is 9.88 Å². The minimum absolute atomic E-state index is 0.000339. The van der Waals surface area contributed by atoms with Gasteiger partial charge in [0.1, 0.15) is 17.6 Å². The van der Waals surface area contributed by atoms with Crippen LogP contribution in [0.2, 0.25) is 0 Å². The van der Waals surface area contributed by atoms with E-state index < -0.39 is 6.04 Å². The second-order valence-corrected chi connectivity index (χ2v) is 10.2. The summed E-state index contributed by atoms with van der Waals surface area (Å²) in [4.78, 5) is 19.0. The molecule has 6 aromatic rings. The number of aromatic nitrogens is 4. The van der Waals surface area contributed by atoms with Crippen LogP contribution in [0.15, 0.2) is 134 Å². The summed E-state index contributed by atoms with van der Waals surface area (Å²) in [6.45, 7) is 0. The van der Waals surface area contributed by atoms with Crippen molar-refractivity contribution in [1.29, 1.82) is 0 Å². The highest BCUT2D eigenvalue weighted by molar-refractivity contribution is 5.83. The summed E-state index contributed by atoms with van der Waals surface area (Å²) in [6, 6.07) is 40.0. The quantitative estimate of drug-likeness (QED) is 0.249. The van der Waals surface area contributed by atoms with Crippen LogP contribution >= 0.6 is 0 Å². The fraction of sp³-hybridized carbons (Fsp3) is 0.0857. The van der Waals surface area contributed by atoms with E-state index in [0.29, 0.717) is 12.8 Å². The number of carbonyl (C=O) groups excluding carboxylic acids is 1. The van der Waals surface area contributed by atoms with Crippen molar-refractivity contribution in [2.75, 3.05) is 5.32 Å². The van der Waals surface area contributed by atoms with Crippen molar-refractivity contribution in [2.24, 2.45) is 0 Å². The third-order valence-corrected chi connectivity index (χ3v) is 7.43. The Labute approximate surface area is 238 Å². The van der Waals surface area contributed by atoms with Crippen LogP contribution in [0.25, 0.3) is 28.2 Å². The molecule has 0 saturated carbocycles. The maximum Gasteiger partial charge on any atom is 0.359 e.